The molecule has 0 aliphatic heterocycles. The molecular formula is C18H18N4O5. The molecule has 9 heteroatoms. The number of nitrogens with zero attached hydrogens (tertiary/aromatic N) is 2. The first kappa shape index (κ1) is 19.6. The molecule has 2 aromatic carbocycles. The summed E-state index contributed by atoms with van der Waals surface area (Å²) in [5, 5.41) is 17.0. The van der Waals surface area contributed by atoms with Crippen LogP contribution in [0.4, 0.5) is 11.4 Å². The van der Waals surface area contributed by atoms with Crippen LogP contribution < -0.4 is 15.5 Å². The number of hydrogen-bond donors (Lipinski definition) is 2. The number of carbonyl (C=O) groups excluding carboxylic acids is 2. The van der Waals surface area contributed by atoms with Crippen molar-refractivity contribution in [2.75, 3.05) is 12.4 Å². The van der Waals surface area contributed by atoms with Gasteiger partial charge < -0.3 is 10.1 Å². The molecule has 0 unspecified atom stereocenters. The highest BCUT2D eigenvalue weighted by Gasteiger charge is 2.07. The molecule has 0 saturated carbocycles. The first-order chi connectivity index (χ1) is 13.0. The van der Waals surface area contributed by atoms with Crippen LogP contribution in [0.1, 0.15) is 18.4 Å². The van der Waals surface area contributed by atoms with Crippen molar-refractivity contribution in [2.45, 2.75) is 12.8 Å². The largest absolute Gasteiger partial charge is 0.497 e. The van der Waals surface area contributed by atoms with Crippen molar-refractivity contribution in [3.8, 4) is 5.75 Å². The van der Waals surface area contributed by atoms with Crippen molar-refractivity contribution >= 4 is 29.4 Å². The van der Waals surface area contributed by atoms with E-state index in [9.17, 15) is 19.7 Å². The van der Waals surface area contributed by atoms with Crippen molar-refractivity contribution in [1.29, 1.82) is 0 Å². The summed E-state index contributed by atoms with van der Waals surface area (Å²) in [5.74, 6) is -0.0361. The first-order valence-electron chi connectivity index (χ1n) is 7.98. The number of benzene rings is 2. The zero-order chi connectivity index (χ0) is 19.6. The van der Waals surface area contributed by atoms with Gasteiger partial charge in [0.25, 0.3) is 5.69 Å². The summed E-state index contributed by atoms with van der Waals surface area (Å²) in [6, 6.07) is 12.5. The Morgan fingerprint density at radius 1 is 1.07 bits per heavy atom. The van der Waals surface area contributed by atoms with Crippen molar-refractivity contribution in [3.63, 3.8) is 0 Å². The number of methoxy groups -OCH3 is 1. The van der Waals surface area contributed by atoms with E-state index in [2.05, 4.69) is 15.8 Å². The Morgan fingerprint density at radius 2 is 1.70 bits per heavy atom. The van der Waals surface area contributed by atoms with Crippen LogP contribution >= 0.6 is 0 Å². The first-order valence-corrected chi connectivity index (χ1v) is 7.98. The summed E-state index contributed by atoms with van der Waals surface area (Å²) in [6.45, 7) is 0. The van der Waals surface area contributed by atoms with Gasteiger partial charge in [-0.3, -0.25) is 19.7 Å². The molecule has 0 saturated heterocycles. The number of nitro groups is 1. The smallest absolute Gasteiger partial charge is 0.269 e. The molecule has 9 nitrogen and oxygen atoms in total. The fourth-order valence-corrected chi connectivity index (χ4v) is 2.04. The highest BCUT2D eigenvalue weighted by molar-refractivity contribution is 5.93. The van der Waals surface area contributed by atoms with Crippen molar-refractivity contribution < 1.29 is 19.2 Å². The lowest BCUT2D eigenvalue weighted by Gasteiger charge is -2.06. The van der Waals surface area contributed by atoms with E-state index < -0.39 is 10.8 Å². The fraction of sp³-hybridized carbons (Fsp3) is 0.167. The number of carbonyl (C=O) groups is 2. The minimum absolute atomic E-state index is 0.00488. The molecule has 140 valence electrons. The summed E-state index contributed by atoms with van der Waals surface area (Å²) in [7, 11) is 1.55. The van der Waals surface area contributed by atoms with Gasteiger partial charge in [-0.15, -0.1) is 0 Å². The van der Waals surface area contributed by atoms with Gasteiger partial charge in [-0.05, 0) is 42.0 Å². The van der Waals surface area contributed by atoms with Gasteiger partial charge in [-0.1, -0.05) is 0 Å². The standard InChI is InChI=1S/C18H18N4O5/c1-27-16-8-4-14(5-9-16)20-17(23)10-11-18(24)21-19-12-13-2-6-15(7-3-13)22(25)26/h2-9,12H,10-11H2,1H3,(H,20,23)(H,21,24)/b19-12+. The Kier molecular flexibility index (Phi) is 7.00. The molecule has 0 bridgehead atoms. The van der Waals surface area contributed by atoms with Crippen LogP contribution in [0.5, 0.6) is 5.75 Å². The average Bonchev–Trinajstić information content (AvgIpc) is 2.67. The monoisotopic (exact) mass is 370 g/mol. The maximum atomic E-state index is 11.8. The van der Waals surface area contributed by atoms with E-state index in [1.165, 1.54) is 30.5 Å². The summed E-state index contributed by atoms with van der Waals surface area (Å²) in [4.78, 5) is 33.6. The average molecular weight is 370 g/mol. The third kappa shape index (κ3) is 6.58. The van der Waals surface area contributed by atoms with Gasteiger partial charge >= 0.3 is 0 Å². The minimum atomic E-state index is -0.500. The fourth-order valence-electron chi connectivity index (χ4n) is 2.04. The number of anilines is 1. The Morgan fingerprint density at radius 3 is 2.30 bits per heavy atom. The number of hydrogen-bond acceptors (Lipinski definition) is 6. The molecule has 0 spiro atoms. The van der Waals surface area contributed by atoms with Gasteiger partial charge in [0.05, 0.1) is 18.2 Å². The topological polar surface area (TPSA) is 123 Å². The van der Waals surface area contributed by atoms with Gasteiger partial charge in [-0.25, -0.2) is 5.43 Å². The number of ether oxygens (including phenoxy) is 1. The molecule has 0 aliphatic rings. The third-order valence-corrected chi connectivity index (χ3v) is 3.46. The van der Waals surface area contributed by atoms with Gasteiger partial charge in [-0.2, -0.15) is 5.10 Å². The van der Waals surface area contributed by atoms with Gasteiger partial charge in [0, 0.05) is 30.7 Å². The maximum absolute atomic E-state index is 11.8. The molecule has 2 rings (SSSR count). The van der Waals surface area contributed by atoms with Crippen molar-refractivity contribution in [2.24, 2.45) is 5.10 Å². The molecule has 0 aliphatic carbocycles. The van der Waals surface area contributed by atoms with E-state index in [0.29, 0.717) is 17.0 Å². The molecule has 27 heavy (non-hydrogen) atoms. The van der Waals surface area contributed by atoms with Crippen LogP contribution in [-0.4, -0.2) is 30.1 Å². The molecule has 2 amide bonds. The van der Waals surface area contributed by atoms with E-state index in [4.69, 9.17) is 4.74 Å². The van der Waals surface area contributed by atoms with E-state index in [1.807, 2.05) is 0 Å². The number of nitrogens with one attached hydrogen (secondary N) is 2. The Bertz CT molecular complexity index is 832. The zero-order valence-electron chi connectivity index (χ0n) is 14.5. The number of rotatable bonds is 8. The molecule has 0 radical (unpaired) electrons. The lowest BCUT2D eigenvalue weighted by molar-refractivity contribution is -0.384. The van der Waals surface area contributed by atoms with E-state index in [0.717, 1.165) is 0 Å². The SMILES string of the molecule is COc1ccc(NC(=O)CCC(=O)N/N=C/c2ccc([N+](=O)[O-])cc2)cc1. The van der Waals surface area contributed by atoms with Crippen LogP contribution in [0.25, 0.3) is 0 Å². The summed E-state index contributed by atoms with van der Waals surface area (Å²) >= 11 is 0. The maximum Gasteiger partial charge on any atom is 0.269 e. The number of nitro benzene ring substituents is 1. The summed E-state index contributed by atoms with van der Waals surface area (Å²) in [5.41, 5.74) is 3.48. The lowest BCUT2D eigenvalue weighted by atomic mass is 10.2. The molecular weight excluding hydrogens is 352 g/mol. The molecule has 0 fully saturated rings. The molecule has 0 aromatic heterocycles. The highest BCUT2D eigenvalue weighted by Crippen LogP contribution is 2.15. The van der Waals surface area contributed by atoms with Crippen LogP contribution in [-0.2, 0) is 9.59 Å². The van der Waals surface area contributed by atoms with Gasteiger partial charge in [0.15, 0.2) is 0 Å². The second-order valence-corrected chi connectivity index (χ2v) is 5.42. The quantitative estimate of drug-likeness (QED) is 0.420. The molecule has 2 N–H and O–H groups in total. The normalized spacial score (nSPS) is 10.4. The number of amides is 2. The Hall–Kier alpha value is -3.75. The minimum Gasteiger partial charge on any atom is -0.497 e. The van der Waals surface area contributed by atoms with Crippen LogP contribution in [0.3, 0.4) is 0 Å². The predicted octanol–water partition coefficient (Wildman–Crippen LogP) is 2.47. The van der Waals surface area contributed by atoms with Crippen molar-refractivity contribution in [1.82, 2.24) is 5.43 Å². The number of non-ortho nitro benzene ring substituents is 1. The van der Waals surface area contributed by atoms with Crippen LogP contribution in [0.2, 0.25) is 0 Å². The molecule has 2 aromatic rings. The van der Waals surface area contributed by atoms with Crippen LogP contribution in [0, 0.1) is 10.1 Å². The summed E-state index contributed by atoms with van der Waals surface area (Å²) in [6.07, 6.45) is 1.34. The predicted molar refractivity (Wildman–Crippen MR) is 99.7 cm³/mol. The van der Waals surface area contributed by atoms with Gasteiger partial charge in [0.1, 0.15) is 5.75 Å². The highest BCUT2D eigenvalue weighted by atomic mass is 16.6. The van der Waals surface area contributed by atoms with Crippen molar-refractivity contribution in [3.05, 3.63) is 64.2 Å². The molecule has 0 heterocycles. The summed E-state index contributed by atoms with van der Waals surface area (Å²) < 4.78 is 5.03. The van der Waals surface area contributed by atoms with E-state index >= 15 is 0 Å². The van der Waals surface area contributed by atoms with Gasteiger partial charge in [0.2, 0.25) is 11.8 Å². The zero-order valence-corrected chi connectivity index (χ0v) is 14.5. The second-order valence-electron chi connectivity index (χ2n) is 5.42. The lowest BCUT2D eigenvalue weighted by Crippen LogP contribution is -2.20. The Balaban J connectivity index is 1.73. The second kappa shape index (κ2) is 9.66. The van der Waals surface area contributed by atoms with E-state index in [1.54, 1.807) is 31.4 Å². The van der Waals surface area contributed by atoms with Crippen LogP contribution in [0.15, 0.2) is 53.6 Å². The number of hydrazone groups is 1. The van der Waals surface area contributed by atoms with E-state index in [-0.39, 0.29) is 24.4 Å². The molecule has 0 atom stereocenters. The Labute approximate surface area is 155 Å². The third-order valence-electron chi connectivity index (χ3n) is 3.46.